The monoisotopic (exact) mass is 359 g/mol. The summed E-state index contributed by atoms with van der Waals surface area (Å²) in [4.78, 5) is 29.4. The number of methoxy groups -OCH3 is 1. The maximum absolute atomic E-state index is 13.0. The molecule has 1 unspecified atom stereocenters. The minimum atomic E-state index is -0.634. The number of ether oxygens (including phenoxy) is 1. The van der Waals surface area contributed by atoms with Gasteiger partial charge in [-0.2, -0.15) is 0 Å². The van der Waals surface area contributed by atoms with Gasteiger partial charge >= 0.3 is 5.95 Å². The van der Waals surface area contributed by atoms with Gasteiger partial charge < -0.3 is 20.2 Å². The Balaban J connectivity index is 1.88. The molecule has 2 aromatic rings. The van der Waals surface area contributed by atoms with Gasteiger partial charge in [0, 0.05) is 5.69 Å². The van der Waals surface area contributed by atoms with Crippen molar-refractivity contribution in [2.45, 2.75) is 18.9 Å². The molecule has 1 amide bonds. The van der Waals surface area contributed by atoms with Gasteiger partial charge in [-0.25, -0.2) is 4.57 Å². The van der Waals surface area contributed by atoms with Crippen LogP contribution in [0.2, 0.25) is 0 Å². The summed E-state index contributed by atoms with van der Waals surface area (Å²) in [6, 6.07) is 6.39. The molecule has 1 aliphatic rings. The molecule has 1 aromatic carbocycles. The second-order valence-electron chi connectivity index (χ2n) is 6.16. The Bertz CT molecular complexity index is 796. The summed E-state index contributed by atoms with van der Waals surface area (Å²) in [7, 11) is 3.14. The summed E-state index contributed by atoms with van der Waals surface area (Å²) in [6.45, 7) is 1.53. The van der Waals surface area contributed by atoms with Crippen molar-refractivity contribution in [1.29, 1.82) is 0 Å². The maximum atomic E-state index is 13.0. The van der Waals surface area contributed by atoms with Crippen LogP contribution in [0.15, 0.2) is 30.5 Å². The standard InChI is InChI=1S/C17H21N5O4/c1-20-14(11-18-17(20)22(24)25)15(21-9-3-4-10-21)16(23)19-12-5-7-13(26-2)8-6-12/h5-8,11,15H,3-4,9-10H2,1-2H3,(H,19,23). The number of carbonyl (C=O) groups excluding carboxylic acids is 1. The van der Waals surface area contributed by atoms with Gasteiger partial charge in [0.1, 0.15) is 23.7 Å². The number of nitrogens with one attached hydrogen (secondary N) is 1. The quantitative estimate of drug-likeness (QED) is 0.626. The zero-order chi connectivity index (χ0) is 18.7. The largest absolute Gasteiger partial charge is 0.497 e. The number of hydrogen-bond acceptors (Lipinski definition) is 6. The molecular formula is C17H21N5O4. The highest BCUT2D eigenvalue weighted by Crippen LogP contribution is 2.28. The summed E-state index contributed by atoms with van der Waals surface area (Å²) in [6.07, 6.45) is 3.40. The van der Waals surface area contributed by atoms with Crippen LogP contribution in [0.1, 0.15) is 24.6 Å². The predicted octanol–water partition coefficient (Wildman–Crippen LogP) is 2.11. The van der Waals surface area contributed by atoms with Gasteiger partial charge in [0.25, 0.3) is 0 Å². The van der Waals surface area contributed by atoms with Crippen LogP contribution in [-0.2, 0) is 11.8 Å². The Morgan fingerprint density at radius 2 is 1.96 bits per heavy atom. The van der Waals surface area contributed by atoms with Crippen molar-refractivity contribution >= 4 is 17.5 Å². The van der Waals surface area contributed by atoms with Crippen LogP contribution in [0.25, 0.3) is 0 Å². The lowest BCUT2D eigenvalue weighted by atomic mass is 10.1. The molecule has 1 aromatic heterocycles. The van der Waals surface area contributed by atoms with Crippen molar-refractivity contribution in [3.05, 3.63) is 46.3 Å². The highest BCUT2D eigenvalue weighted by molar-refractivity contribution is 5.95. The Labute approximate surface area is 150 Å². The van der Waals surface area contributed by atoms with Crippen molar-refractivity contribution in [2.75, 3.05) is 25.5 Å². The zero-order valence-corrected chi connectivity index (χ0v) is 14.7. The Kier molecular flexibility index (Phi) is 5.17. The Hall–Kier alpha value is -2.94. The highest BCUT2D eigenvalue weighted by Gasteiger charge is 2.36. The molecule has 1 aliphatic heterocycles. The van der Waals surface area contributed by atoms with Crippen molar-refractivity contribution in [3.63, 3.8) is 0 Å². The van der Waals surface area contributed by atoms with Crippen molar-refractivity contribution in [1.82, 2.24) is 14.5 Å². The molecular weight excluding hydrogens is 338 g/mol. The van der Waals surface area contributed by atoms with E-state index in [1.165, 1.54) is 10.8 Å². The number of nitrogens with zero attached hydrogens (tertiary/aromatic N) is 4. The molecule has 0 spiro atoms. The van der Waals surface area contributed by atoms with Gasteiger partial charge in [0.05, 0.1) is 14.2 Å². The molecule has 138 valence electrons. The fourth-order valence-corrected chi connectivity index (χ4v) is 3.21. The van der Waals surface area contributed by atoms with Crippen LogP contribution in [0.5, 0.6) is 5.75 Å². The second kappa shape index (κ2) is 7.52. The van der Waals surface area contributed by atoms with Gasteiger partial charge in [0.15, 0.2) is 0 Å². The molecule has 0 radical (unpaired) electrons. The van der Waals surface area contributed by atoms with Crippen LogP contribution < -0.4 is 10.1 Å². The number of likely N-dealkylation sites (tertiary alicyclic amines) is 1. The Morgan fingerprint density at radius 1 is 1.31 bits per heavy atom. The van der Waals surface area contributed by atoms with Crippen LogP contribution >= 0.6 is 0 Å². The smallest absolute Gasteiger partial charge is 0.434 e. The van der Waals surface area contributed by atoms with E-state index in [4.69, 9.17) is 4.74 Å². The number of imidazole rings is 1. The lowest BCUT2D eigenvalue weighted by molar-refractivity contribution is -0.396. The summed E-state index contributed by atoms with van der Waals surface area (Å²) in [5, 5.41) is 14.0. The summed E-state index contributed by atoms with van der Waals surface area (Å²) >= 11 is 0. The highest BCUT2D eigenvalue weighted by atomic mass is 16.6. The van der Waals surface area contributed by atoms with Gasteiger partial charge in [-0.05, 0) is 55.1 Å². The number of nitro groups is 1. The first kappa shape index (κ1) is 17.9. The van der Waals surface area contributed by atoms with Crippen molar-refractivity contribution in [2.24, 2.45) is 7.05 Å². The van der Waals surface area contributed by atoms with Crippen molar-refractivity contribution in [3.8, 4) is 5.75 Å². The zero-order valence-electron chi connectivity index (χ0n) is 14.7. The molecule has 1 fully saturated rings. The molecule has 0 aliphatic carbocycles. The predicted molar refractivity (Wildman–Crippen MR) is 95.0 cm³/mol. The van der Waals surface area contributed by atoms with Crippen molar-refractivity contribution < 1.29 is 14.5 Å². The number of amides is 1. The fourth-order valence-electron chi connectivity index (χ4n) is 3.21. The first-order chi connectivity index (χ1) is 12.5. The number of benzene rings is 1. The molecule has 1 saturated heterocycles. The first-order valence-electron chi connectivity index (χ1n) is 8.36. The molecule has 0 bridgehead atoms. The Morgan fingerprint density at radius 3 is 2.50 bits per heavy atom. The molecule has 0 saturated carbocycles. The van der Waals surface area contributed by atoms with E-state index in [1.807, 2.05) is 4.90 Å². The molecule has 9 nitrogen and oxygen atoms in total. The fraction of sp³-hybridized carbons (Fsp3) is 0.412. The van der Waals surface area contributed by atoms with Gasteiger partial charge in [-0.1, -0.05) is 4.98 Å². The number of carbonyl (C=O) groups is 1. The van der Waals surface area contributed by atoms with Gasteiger partial charge in [0.2, 0.25) is 5.91 Å². The van der Waals surface area contributed by atoms with E-state index in [0.717, 1.165) is 25.9 Å². The average molecular weight is 359 g/mol. The topological polar surface area (TPSA) is 103 Å². The van der Waals surface area contributed by atoms with Crippen LogP contribution in [0.3, 0.4) is 0 Å². The molecule has 1 N–H and O–H groups in total. The normalized spacial score (nSPS) is 15.6. The lowest BCUT2D eigenvalue weighted by Crippen LogP contribution is -2.36. The average Bonchev–Trinajstić information content (AvgIpc) is 3.27. The lowest BCUT2D eigenvalue weighted by Gasteiger charge is -2.25. The van der Waals surface area contributed by atoms with E-state index in [-0.39, 0.29) is 11.9 Å². The minimum absolute atomic E-state index is 0.241. The summed E-state index contributed by atoms with van der Waals surface area (Å²) in [5.41, 5.74) is 1.14. The third-order valence-corrected chi connectivity index (χ3v) is 4.55. The SMILES string of the molecule is COc1ccc(NC(=O)C(c2cnc([N+](=O)[O-])n2C)N2CCCC2)cc1. The van der Waals surface area contributed by atoms with E-state index in [0.29, 0.717) is 17.1 Å². The van der Waals surface area contributed by atoms with Crippen LogP contribution in [0, 0.1) is 10.1 Å². The van der Waals surface area contributed by atoms with Crippen LogP contribution in [-0.4, -0.2) is 45.5 Å². The molecule has 26 heavy (non-hydrogen) atoms. The third-order valence-electron chi connectivity index (χ3n) is 4.55. The summed E-state index contributed by atoms with van der Waals surface area (Å²) < 4.78 is 6.49. The first-order valence-corrected chi connectivity index (χ1v) is 8.36. The summed E-state index contributed by atoms with van der Waals surface area (Å²) in [5.74, 6) is 0.178. The molecule has 1 atom stereocenters. The second-order valence-corrected chi connectivity index (χ2v) is 6.16. The van der Waals surface area contributed by atoms with E-state index in [1.54, 1.807) is 38.4 Å². The number of anilines is 1. The number of hydrogen-bond donors (Lipinski definition) is 1. The third kappa shape index (κ3) is 3.52. The van der Waals surface area contributed by atoms with E-state index in [2.05, 4.69) is 10.3 Å². The van der Waals surface area contributed by atoms with Gasteiger partial charge in [-0.15, -0.1) is 0 Å². The molecule has 3 rings (SSSR count). The number of aromatic nitrogens is 2. The minimum Gasteiger partial charge on any atom is -0.497 e. The van der Waals surface area contributed by atoms with E-state index in [9.17, 15) is 14.9 Å². The molecule has 9 heteroatoms. The maximum Gasteiger partial charge on any atom is 0.434 e. The van der Waals surface area contributed by atoms with E-state index >= 15 is 0 Å². The van der Waals surface area contributed by atoms with E-state index < -0.39 is 11.0 Å². The van der Waals surface area contributed by atoms with Crippen LogP contribution in [0.4, 0.5) is 11.6 Å². The number of rotatable bonds is 6. The molecule has 2 heterocycles. The van der Waals surface area contributed by atoms with Gasteiger partial charge in [-0.3, -0.25) is 9.69 Å².